The van der Waals surface area contributed by atoms with Gasteiger partial charge in [-0.1, -0.05) is 44.2 Å². The van der Waals surface area contributed by atoms with Crippen LogP contribution in [-0.2, 0) is 17.6 Å². The number of methoxy groups -OCH3 is 1. The highest BCUT2D eigenvalue weighted by Gasteiger charge is 2.23. The Bertz CT molecular complexity index is 1320. The summed E-state index contributed by atoms with van der Waals surface area (Å²) in [5.41, 5.74) is 5.72. The van der Waals surface area contributed by atoms with Gasteiger partial charge in [-0.15, -0.1) is 0 Å². The first-order valence-electron chi connectivity index (χ1n) is 10.8. The van der Waals surface area contributed by atoms with Crippen LogP contribution in [0.5, 0.6) is 11.5 Å². The van der Waals surface area contributed by atoms with Crippen LogP contribution < -0.4 is 9.47 Å². The zero-order valence-corrected chi connectivity index (χ0v) is 18.1. The zero-order valence-electron chi connectivity index (χ0n) is 18.1. The summed E-state index contributed by atoms with van der Waals surface area (Å²) in [7, 11) is 1.59. The minimum Gasteiger partial charge on any atom is -0.493 e. The van der Waals surface area contributed by atoms with E-state index >= 15 is 0 Å². The van der Waals surface area contributed by atoms with Crippen molar-refractivity contribution in [3.63, 3.8) is 0 Å². The Morgan fingerprint density at radius 2 is 1.77 bits per heavy atom. The molecule has 1 aliphatic carbocycles. The highest BCUT2D eigenvalue weighted by molar-refractivity contribution is 6.09. The average molecular weight is 412 g/mol. The topological polar surface area (TPSA) is 48.4 Å². The summed E-state index contributed by atoms with van der Waals surface area (Å²) in [6.07, 6.45) is 3.22. The molecule has 0 amide bonds. The van der Waals surface area contributed by atoms with E-state index in [1.54, 1.807) is 7.11 Å². The van der Waals surface area contributed by atoms with Gasteiger partial charge in [-0.3, -0.25) is 4.79 Å². The molecule has 4 nitrogen and oxygen atoms in total. The molecule has 0 saturated carbocycles. The van der Waals surface area contributed by atoms with E-state index in [-0.39, 0.29) is 11.9 Å². The van der Waals surface area contributed by atoms with Crippen LogP contribution in [0.1, 0.15) is 31.4 Å². The Hall–Kier alpha value is -3.40. The normalized spacial score (nSPS) is 13.0. The van der Waals surface area contributed by atoms with Crippen LogP contribution in [0.4, 0.5) is 0 Å². The standard InChI is InChI=1S/C27H25NO3/c1-16(2)27(29)31-23-14-12-18(15-24(23)30-3)26-21-10-6-9-20(21)25-19-8-5-4-7-17(19)11-13-22(25)28-26/h4-5,7-8,11-16H,6,9-10H2,1-3H3. The van der Waals surface area contributed by atoms with Gasteiger partial charge in [-0.2, -0.15) is 0 Å². The summed E-state index contributed by atoms with van der Waals surface area (Å²) in [5.74, 6) is 0.499. The zero-order chi connectivity index (χ0) is 21.5. The fraction of sp³-hybridized carbons (Fsp3) is 0.259. The maximum atomic E-state index is 12.1. The van der Waals surface area contributed by atoms with Gasteiger partial charge in [0.15, 0.2) is 11.5 Å². The number of ether oxygens (including phenoxy) is 2. The second-order valence-corrected chi connectivity index (χ2v) is 8.39. The first-order valence-corrected chi connectivity index (χ1v) is 10.8. The van der Waals surface area contributed by atoms with E-state index in [1.165, 1.54) is 27.3 Å². The molecule has 4 heteroatoms. The summed E-state index contributed by atoms with van der Waals surface area (Å²) >= 11 is 0. The van der Waals surface area contributed by atoms with Crippen LogP contribution in [-0.4, -0.2) is 18.1 Å². The molecule has 5 rings (SSSR count). The van der Waals surface area contributed by atoms with Gasteiger partial charge < -0.3 is 9.47 Å². The van der Waals surface area contributed by atoms with E-state index in [9.17, 15) is 4.79 Å². The summed E-state index contributed by atoms with van der Waals surface area (Å²) < 4.78 is 11.1. The van der Waals surface area contributed by atoms with Crippen LogP contribution in [0.3, 0.4) is 0 Å². The predicted molar refractivity (Wildman–Crippen MR) is 124 cm³/mol. The van der Waals surface area contributed by atoms with Crippen molar-refractivity contribution in [1.82, 2.24) is 4.98 Å². The minimum atomic E-state index is -0.275. The Kier molecular flexibility index (Phi) is 4.85. The van der Waals surface area contributed by atoms with Crippen molar-refractivity contribution in [1.29, 1.82) is 0 Å². The molecule has 0 radical (unpaired) electrons. The van der Waals surface area contributed by atoms with E-state index in [2.05, 4.69) is 36.4 Å². The van der Waals surface area contributed by atoms with Crippen molar-refractivity contribution in [2.45, 2.75) is 33.1 Å². The number of fused-ring (bicyclic) bond motifs is 5. The molecule has 1 aromatic heterocycles. The van der Waals surface area contributed by atoms with Gasteiger partial charge in [0, 0.05) is 10.9 Å². The van der Waals surface area contributed by atoms with Crippen molar-refractivity contribution in [2.24, 2.45) is 5.92 Å². The molecule has 0 spiro atoms. The molecule has 0 saturated heterocycles. The number of esters is 1. The Morgan fingerprint density at radius 1 is 0.968 bits per heavy atom. The van der Waals surface area contributed by atoms with E-state index < -0.39 is 0 Å². The number of aromatic nitrogens is 1. The van der Waals surface area contributed by atoms with Gasteiger partial charge in [-0.05, 0) is 65.4 Å². The number of carbonyl (C=O) groups is 1. The molecule has 4 aromatic rings. The average Bonchev–Trinajstić information content (AvgIpc) is 3.28. The summed E-state index contributed by atoms with van der Waals surface area (Å²) in [6.45, 7) is 3.63. The molecule has 0 N–H and O–H groups in total. The van der Waals surface area contributed by atoms with Crippen molar-refractivity contribution < 1.29 is 14.3 Å². The quantitative estimate of drug-likeness (QED) is 0.231. The third-order valence-corrected chi connectivity index (χ3v) is 6.06. The van der Waals surface area contributed by atoms with Crippen LogP contribution in [0.15, 0.2) is 54.6 Å². The lowest BCUT2D eigenvalue weighted by atomic mass is 9.95. The molecule has 31 heavy (non-hydrogen) atoms. The maximum Gasteiger partial charge on any atom is 0.313 e. The summed E-state index contributed by atoms with van der Waals surface area (Å²) in [5, 5.41) is 3.80. The number of hydrogen-bond donors (Lipinski definition) is 0. The lowest BCUT2D eigenvalue weighted by Crippen LogP contribution is -2.15. The maximum absolute atomic E-state index is 12.1. The molecule has 0 bridgehead atoms. The second kappa shape index (κ2) is 7.69. The number of rotatable bonds is 4. The van der Waals surface area contributed by atoms with E-state index in [4.69, 9.17) is 14.5 Å². The third kappa shape index (κ3) is 3.32. The monoisotopic (exact) mass is 411 g/mol. The highest BCUT2D eigenvalue weighted by atomic mass is 16.6. The Morgan fingerprint density at radius 3 is 2.58 bits per heavy atom. The lowest BCUT2D eigenvalue weighted by Gasteiger charge is -2.16. The minimum absolute atomic E-state index is 0.204. The molecule has 0 atom stereocenters. The fourth-order valence-electron chi connectivity index (χ4n) is 4.50. The first-order chi connectivity index (χ1) is 15.1. The number of nitrogens with zero attached hydrogens (tertiary/aromatic N) is 1. The van der Waals surface area contributed by atoms with Gasteiger partial charge >= 0.3 is 5.97 Å². The van der Waals surface area contributed by atoms with Crippen molar-refractivity contribution >= 4 is 27.6 Å². The van der Waals surface area contributed by atoms with Crippen LogP contribution in [0.25, 0.3) is 32.9 Å². The van der Waals surface area contributed by atoms with Crippen LogP contribution in [0, 0.1) is 5.92 Å². The molecule has 3 aromatic carbocycles. The van der Waals surface area contributed by atoms with Crippen LogP contribution in [0.2, 0.25) is 0 Å². The molecular formula is C27H25NO3. The molecule has 0 fully saturated rings. The number of pyridine rings is 1. The van der Waals surface area contributed by atoms with Gasteiger partial charge in [0.25, 0.3) is 0 Å². The smallest absolute Gasteiger partial charge is 0.313 e. The number of hydrogen-bond acceptors (Lipinski definition) is 4. The van der Waals surface area contributed by atoms with Crippen molar-refractivity contribution in [3.8, 4) is 22.8 Å². The molecular weight excluding hydrogens is 386 g/mol. The van der Waals surface area contributed by atoms with Crippen molar-refractivity contribution in [2.75, 3.05) is 7.11 Å². The Labute approximate surface area is 181 Å². The van der Waals surface area contributed by atoms with Crippen LogP contribution >= 0.6 is 0 Å². The molecule has 0 unspecified atom stereocenters. The molecule has 0 aliphatic heterocycles. The van der Waals surface area contributed by atoms with E-state index in [0.29, 0.717) is 11.5 Å². The van der Waals surface area contributed by atoms with Gasteiger partial charge in [-0.25, -0.2) is 4.98 Å². The third-order valence-electron chi connectivity index (χ3n) is 6.06. The van der Waals surface area contributed by atoms with Gasteiger partial charge in [0.1, 0.15) is 0 Å². The predicted octanol–water partition coefficient (Wildman–Crippen LogP) is 6.11. The number of benzene rings is 3. The van der Waals surface area contributed by atoms with Gasteiger partial charge in [0.05, 0.1) is 24.2 Å². The fourth-order valence-corrected chi connectivity index (χ4v) is 4.50. The van der Waals surface area contributed by atoms with Gasteiger partial charge in [0.2, 0.25) is 0 Å². The number of carbonyl (C=O) groups excluding carboxylic acids is 1. The summed E-state index contributed by atoms with van der Waals surface area (Å²) in [6, 6.07) is 18.5. The Balaban J connectivity index is 1.67. The molecule has 1 aliphatic rings. The second-order valence-electron chi connectivity index (χ2n) is 8.39. The van der Waals surface area contributed by atoms with Crippen molar-refractivity contribution in [3.05, 3.63) is 65.7 Å². The molecule has 1 heterocycles. The largest absolute Gasteiger partial charge is 0.493 e. The molecule has 156 valence electrons. The number of aryl methyl sites for hydroxylation is 1. The van der Waals surface area contributed by atoms with E-state index in [0.717, 1.165) is 36.0 Å². The summed E-state index contributed by atoms with van der Waals surface area (Å²) in [4.78, 5) is 17.2. The van der Waals surface area contributed by atoms with E-state index in [1.807, 2.05) is 32.0 Å². The first kappa shape index (κ1) is 19.6. The SMILES string of the molecule is COc1cc(-c2nc3ccc4ccccc4c3c3c2CCC3)ccc1OC(=O)C(C)C. The lowest BCUT2D eigenvalue weighted by molar-refractivity contribution is -0.137. The highest BCUT2D eigenvalue weighted by Crippen LogP contribution is 2.40.